The van der Waals surface area contributed by atoms with Gasteiger partial charge in [0.15, 0.2) is 10.4 Å². The highest BCUT2D eigenvalue weighted by Crippen LogP contribution is 2.24. The number of rotatable bonds is 2. The van der Waals surface area contributed by atoms with Crippen LogP contribution in [-0.2, 0) is 4.79 Å². The predicted octanol–water partition coefficient (Wildman–Crippen LogP) is 1.77. The number of hydrogen-bond acceptors (Lipinski definition) is 3. The lowest BCUT2D eigenvalue weighted by Crippen LogP contribution is -2.48. The van der Waals surface area contributed by atoms with Gasteiger partial charge >= 0.3 is 0 Å². The maximum absolute atomic E-state index is 12.3. The van der Waals surface area contributed by atoms with E-state index < -0.39 is 0 Å². The van der Waals surface area contributed by atoms with E-state index in [0.29, 0.717) is 11.2 Å². The van der Waals surface area contributed by atoms with Gasteiger partial charge in [-0.3, -0.25) is 9.59 Å². The van der Waals surface area contributed by atoms with E-state index in [1.54, 1.807) is 17.0 Å². The molecule has 0 spiro atoms. The lowest BCUT2D eigenvalue weighted by atomic mass is 9.93. The van der Waals surface area contributed by atoms with Crippen molar-refractivity contribution in [2.75, 3.05) is 6.54 Å². The number of amides is 2. The number of carbonyl (C=O) groups excluding carboxylic acids is 2. The summed E-state index contributed by atoms with van der Waals surface area (Å²) in [4.78, 5) is 25.1. The lowest BCUT2D eigenvalue weighted by Gasteiger charge is -2.36. The molecule has 2 heterocycles. The zero-order valence-corrected chi connectivity index (χ0v) is 11.6. The number of furan rings is 1. The zero-order chi connectivity index (χ0) is 13.3. The van der Waals surface area contributed by atoms with Crippen molar-refractivity contribution in [3.63, 3.8) is 0 Å². The number of likely N-dealkylation sites (tertiary alicyclic amines) is 1. The molecule has 1 aromatic heterocycles. The van der Waals surface area contributed by atoms with E-state index in [-0.39, 0.29) is 29.5 Å². The molecule has 1 aliphatic heterocycles. The van der Waals surface area contributed by atoms with Gasteiger partial charge in [0.2, 0.25) is 5.91 Å². The third-order valence-electron chi connectivity index (χ3n) is 3.33. The fraction of sp³-hybridized carbons (Fsp3) is 0.500. The van der Waals surface area contributed by atoms with Crippen molar-refractivity contribution >= 4 is 27.7 Å². The number of hydrogen-bond donors (Lipinski definition) is 1. The summed E-state index contributed by atoms with van der Waals surface area (Å²) in [5.41, 5.74) is 5.31. The summed E-state index contributed by atoms with van der Waals surface area (Å²) in [5.74, 6) is -0.526. The van der Waals surface area contributed by atoms with Gasteiger partial charge in [-0.15, -0.1) is 0 Å². The van der Waals surface area contributed by atoms with Crippen LogP contribution in [0.3, 0.4) is 0 Å². The Labute approximate surface area is 113 Å². The van der Waals surface area contributed by atoms with E-state index in [4.69, 9.17) is 10.2 Å². The van der Waals surface area contributed by atoms with Gasteiger partial charge < -0.3 is 15.1 Å². The van der Waals surface area contributed by atoms with Gasteiger partial charge in [-0.2, -0.15) is 0 Å². The van der Waals surface area contributed by atoms with E-state index in [2.05, 4.69) is 15.9 Å². The van der Waals surface area contributed by atoms with Crippen molar-refractivity contribution in [1.29, 1.82) is 0 Å². The molecule has 0 aromatic carbocycles. The Morgan fingerprint density at radius 3 is 2.72 bits per heavy atom. The molecule has 2 N–H and O–H groups in total. The summed E-state index contributed by atoms with van der Waals surface area (Å²) in [7, 11) is 0. The molecule has 6 heteroatoms. The van der Waals surface area contributed by atoms with Crippen molar-refractivity contribution in [2.45, 2.75) is 25.8 Å². The summed E-state index contributed by atoms with van der Waals surface area (Å²) in [6, 6.07) is 3.39. The number of nitrogens with two attached hydrogens (primary N) is 1. The van der Waals surface area contributed by atoms with E-state index in [9.17, 15) is 9.59 Å². The van der Waals surface area contributed by atoms with Gasteiger partial charge in [-0.25, -0.2) is 0 Å². The molecule has 0 saturated carbocycles. The van der Waals surface area contributed by atoms with Crippen molar-refractivity contribution in [1.82, 2.24) is 4.90 Å². The van der Waals surface area contributed by atoms with Crippen molar-refractivity contribution in [3.8, 4) is 0 Å². The first-order valence-electron chi connectivity index (χ1n) is 5.84. The van der Waals surface area contributed by atoms with E-state index in [1.165, 1.54) is 0 Å². The molecule has 2 rings (SSSR count). The fourth-order valence-corrected chi connectivity index (χ4v) is 2.50. The third kappa shape index (κ3) is 2.58. The molecule has 0 bridgehead atoms. The van der Waals surface area contributed by atoms with Crippen LogP contribution >= 0.6 is 15.9 Å². The second-order valence-corrected chi connectivity index (χ2v) is 5.37. The summed E-state index contributed by atoms with van der Waals surface area (Å²) in [6.45, 7) is 2.33. The van der Waals surface area contributed by atoms with Crippen molar-refractivity contribution < 1.29 is 14.0 Å². The Morgan fingerprint density at radius 2 is 2.17 bits per heavy atom. The van der Waals surface area contributed by atoms with Crippen molar-refractivity contribution in [3.05, 3.63) is 22.6 Å². The molecule has 1 fully saturated rings. The summed E-state index contributed by atoms with van der Waals surface area (Å²) in [5, 5.41) is 0. The Balaban J connectivity index is 2.15. The number of piperidine rings is 1. The minimum absolute atomic E-state index is 0.0944. The van der Waals surface area contributed by atoms with Gasteiger partial charge in [-0.1, -0.05) is 0 Å². The number of carbonyl (C=O) groups is 2. The maximum Gasteiger partial charge on any atom is 0.289 e. The highest BCUT2D eigenvalue weighted by molar-refractivity contribution is 9.10. The first kappa shape index (κ1) is 13.1. The van der Waals surface area contributed by atoms with E-state index in [1.807, 2.05) is 6.92 Å². The first-order chi connectivity index (χ1) is 8.49. The van der Waals surface area contributed by atoms with Crippen LogP contribution in [0.2, 0.25) is 0 Å². The van der Waals surface area contributed by atoms with Crippen LogP contribution in [-0.4, -0.2) is 29.3 Å². The molecule has 5 nitrogen and oxygen atoms in total. The fourth-order valence-electron chi connectivity index (χ4n) is 2.19. The summed E-state index contributed by atoms with van der Waals surface area (Å²) >= 11 is 3.16. The normalized spacial score (nSPS) is 24.0. The van der Waals surface area contributed by atoms with E-state index in [0.717, 1.165) is 12.8 Å². The SMILES string of the molecule is CC1CCC(C(N)=O)CN1C(=O)c1ccc(Br)o1. The molecular formula is C12H15BrN2O3. The summed E-state index contributed by atoms with van der Waals surface area (Å²) < 4.78 is 5.77. The lowest BCUT2D eigenvalue weighted by molar-refractivity contribution is -0.123. The van der Waals surface area contributed by atoms with Crippen molar-refractivity contribution in [2.24, 2.45) is 11.7 Å². The van der Waals surface area contributed by atoms with Crippen LogP contribution in [0.5, 0.6) is 0 Å². The first-order valence-corrected chi connectivity index (χ1v) is 6.64. The van der Waals surface area contributed by atoms with Gasteiger partial charge in [0.05, 0.1) is 5.92 Å². The molecule has 0 aliphatic carbocycles. The van der Waals surface area contributed by atoms with Crippen LogP contribution in [0.25, 0.3) is 0 Å². The predicted molar refractivity (Wildman–Crippen MR) is 68.8 cm³/mol. The minimum Gasteiger partial charge on any atom is -0.444 e. The highest BCUT2D eigenvalue weighted by Gasteiger charge is 2.33. The maximum atomic E-state index is 12.3. The quantitative estimate of drug-likeness (QED) is 0.903. The molecule has 1 saturated heterocycles. The second-order valence-electron chi connectivity index (χ2n) is 4.59. The average Bonchev–Trinajstić information content (AvgIpc) is 2.75. The molecule has 2 unspecified atom stereocenters. The topological polar surface area (TPSA) is 76.5 Å². The zero-order valence-electron chi connectivity index (χ0n) is 10.1. The molecule has 0 radical (unpaired) electrons. The Hall–Kier alpha value is -1.30. The molecule has 18 heavy (non-hydrogen) atoms. The van der Waals surface area contributed by atoms with Gasteiger partial charge in [0, 0.05) is 12.6 Å². The van der Waals surface area contributed by atoms with Gasteiger partial charge in [0.1, 0.15) is 0 Å². The molecular weight excluding hydrogens is 300 g/mol. The van der Waals surface area contributed by atoms with Crippen LogP contribution in [0.1, 0.15) is 30.3 Å². The smallest absolute Gasteiger partial charge is 0.289 e. The largest absolute Gasteiger partial charge is 0.444 e. The molecule has 1 aromatic rings. The Bertz CT molecular complexity index is 472. The molecule has 1 aliphatic rings. The Morgan fingerprint density at radius 1 is 1.44 bits per heavy atom. The number of nitrogens with zero attached hydrogens (tertiary/aromatic N) is 1. The number of halogens is 1. The van der Waals surface area contributed by atoms with Gasteiger partial charge in [-0.05, 0) is 47.8 Å². The molecule has 98 valence electrons. The highest BCUT2D eigenvalue weighted by atomic mass is 79.9. The molecule has 2 atom stereocenters. The standard InChI is InChI=1S/C12H15BrN2O3/c1-7-2-3-8(11(14)16)6-15(7)12(17)9-4-5-10(13)18-9/h4-5,7-8H,2-3,6H2,1H3,(H2,14,16). The second kappa shape index (κ2) is 5.14. The minimum atomic E-state index is -0.347. The van der Waals surface area contributed by atoms with Crippen LogP contribution < -0.4 is 5.73 Å². The van der Waals surface area contributed by atoms with Crippen LogP contribution in [0.15, 0.2) is 21.2 Å². The summed E-state index contributed by atoms with van der Waals surface area (Å²) in [6.07, 6.45) is 1.52. The Kier molecular flexibility index (Phi) is 3.75. The third-order valence-corrected chi connectivity index (χ3v) is 3.76. The van der Waals surface area contributed by atoms with Crippen LogP contribution in [0.4, 0.5) is 0 Å². The number of primary amides is 1. The van der Waals surface area contributed by atoms with E-state index >= 15 is 0 Å². The van der Waals surface area contributed by atoms with Crippen LogP contribution in [0, 0.1) is 5.92 Å². The average molecular weight is 315 g/mol. The molecule has 2 amide bonds. The van der Waals surface area contributed by atoms with Gasteiger partial charge in [0.25, 0.3) is 5.91 Å². The monoisotopic (exact) mass is 314 g/mol.